The Labute approximate surface area is 167 Å². The number of carbonyl (C=O) groups excluding carboxylic acids is 1. The Hall–Kier alpha value is -2.22. The van der Waals surface area contributed by atoms with Crippen molar-refractivity contribution in [3.05, 3.63) is 66.2 Å². The third-order valence-electron chi connectivity index (χ3n) is 4.90. The minimum atomic E-state index is -3.56. The molecule has 1 saturated heterocycles. The van der Waals surface area contributed by atoms with Crippen LogP contribution in [0.3, 0.4) is 0 Å². The predicted octanol–water partition coefficient (Wildman–Crippen LogP) is 2.14. The third-order valence-corrected chi connectivity index (χ3v) is 6.38. The van der Waals surface area contributed by atoms with Gasteiger partial charge in [-0.05, 0) is 30.5 Å². The minimum Gasteiger partial charge on any atom is -0.353 e. The van der Waals surface area contributed by atoms with E-state index in [0.29, 0.717) is 0 Å². The average molecular weight is 402 g/mol. The summed E-state index contributed by atoms with van der Waals surface area (Å²) in [5.74, 6) is -0.114. The number of rotatable bonds is 8. The van der Waals surface area contributed by atoms with Crippen molar-refractivity contribution in [1.29, 1.82) is 0 Å². The van der Waals surface area contributed by atoms with Gasteiger partial charge >= 0.3 is 0 Å². The van der Waals surface area contributed by atoms with E-state index >= 15 is 0 Å². The fourth-order valence-corrected chi connectivity index (χ4v) is 4.41. The van der Waals surface area contributed by atoms with E-state index < -0.39 is 10.0 Å². The van der Waals surface area contributed by atoms with Crippen LogP contribution in [0.4, 0.5) is 0 Å². The fraction of sp³-hybridized carbons (Fsp3) is 0.381. The van der Waals surface area contributed by atoms with Gasteiger partial charge in [0.25, 0.3) is 0 Å². The Morgan fingerprint density at radius 2 is 1.57 bits per heavy atom. The van der Waals surface area contributed by atoms with Crippen LogP contribution in [-0.4, -0.2) is 44.9 Å². The average Bonchev–Trinajstić information content (AvgIpc) is 2.71. The molecule has 2 aromatic rings. The monoisotopic (exact) mass is 401 g/mol. The standard InChI is InChI=1S/C21H27N3O3S/c25-21(11-14-22-28(26,27)20-9-5-2-6-10-20)23-19-12-15-24(16-13-19)17-18-7-3-1-4-8-18/h1-10,19,22H,11-17H2,(H,23,25). The van der Waals surface area contributed by atoms with Crippen molar-refractivity contribution in [2.24, 2.45) is 0 Å². The highest BCUT2D eigenvalue weighted by Gasteiger charge is 2.21. The Bertz CT molecular complexity index is 849. The molecule has 6 nitrogen and oxygen atoms in total. The van der Waals surface area contributed by atoms with Crippen LogP contribution in [0.1, 0.15) is 24.8 Å². The summed E-state index contributed by atoms with van der Waals surface area (Å²) in [4.78, 5) is 14.8. The van der Waals surface area contributed by atoms with E-state index in [1.807, 2.05) is 18.2 Å². The quantitative estimate of drug-likeness (QED) is 0.710. The zero-order valence-electron chi connectivity index (χ0n) is 15.9. The van der Waals surface area contributed by atoms with E-state index in [0.717, 1.165) is 32.5 Å². The highest BCUT2D eigenvalue weighted by Crippen LogP contribution is 2.14. The van der Waals surface area contributed by atoms with Gasteiger partial charge in [-0.1, -0.05) is 48.5 Å². The van der Waals surface area contributed by atoms with Crippen molar-refractivity contribution in [2.75, 3.05) is 19.6 Å². The molecule has 2 aromatic carbocycles. The lowest BCUT2D eigenvalue weighted by Crippen LogP contribution is -2.45. The summed E-state index contributed by atoms with van der Waals surface area (Å²) in [6, 6.07) is 18.7. The molecular weight excluding hydrogens is 374 g/mol. The van der Waals surface area contributed by atoms with Gasteiger partial charge in [-0.3, -0.25) is 9.69 Å². The lowest BCUT2D eigenvalue weighted by Gasteiger charge is -2.32. The number of amides is 1. The summed E-state index contributed by atoms with van der Waals surface area (Å²) in [5, 5.41) is 3.03. The first-order valence-electron chi connectivity index (χ1n) is 9.63. The van der Waals surface area contributed by atoms with Crippen LogP contribution in [-0.2, 0) is 21.4 Å². The number of sulfonamides is 1. The molecule has 1 fully saturated rings. The molecule has 28 heavy (non-hydrogen) atoms. The maximum atomic E-state index is 12.1. The highest BCUT2D eigenvalue weighted by molar-refractivity contribution is 7.89. The Morgan fingerprint density at radius 3 is 2.21 bits per heavy atom. The predicted molar refractivity (Wildman–Crippen MR) is 109 cm³/mol. The molecule has 3 rings (SSSR count). The zero-order chi connectivity index (χ0) is 19.8. The number of hydrogen-bond donors (Lipinski definition) is 2. The molecule has 7 heteroatoms. The molecule has 1 amide bonds. The molecule has 0 saturated carbocycles. The molecule has 2 N–H and O–H groups in total. The second-order valence-electron chi connectivity index (χ2n) is 7.06. The zero-order valence-corrected chi connectivity index (χ0v) is 16.7. The van der Waals surface area contributed by atoms with Crippen LogP contribution >= 0.6 is 0 Å². The van der Waals surface area contributed by atoms with Crippen LogP contribution in [0, 0.1) is 0 Å². The maximum absolute atomic E-state index is 12.1. The number of nitrogens with one attached hydrogen (secondary N) is 2. The first kappa shape index (κ1) is 20.5. The lowest BCUT2D eigenvalue weighted by molar-refractivity contribution is -0.121. The number of piperidine rings is 1. The van der Waals surface area contributed by atoms with Crippen LogP contribution in [0.25, 0.3) is 0 Å². The van der Waals surface area contributed by atoms with E-state index in [4.69, 9.17) is 0 Å². The highest BCUT2D eigenvalue weighted by atomic mass is 32.2. The molecule has 0 spiro atoms. The van der Waals surface area contributed by atoms with Crippen molar-refractivity contribution in [3.8, 4) is 0 Å². The number of hydrogen-bond acceptors (Lipinski definition) is 4. The summed E-state index contributed by atoms with van der Waals surface area (Å²) < 4.78 is 26.8. The molecule has 0 bridgehead atoms. The first-order valence-corrected chi connectivity index (χ1v) is 11.1. The van der Waals surface area contributed by atoms with Crippen molar-refractivity contribution < 1.29 is 13.2 Å². The first-order chi connectivity index (χ1) is 13.5. The number of carbonyl (C=O) groups is 1. The van der Waals surface area contributed by atoms with Gasteiger partial charge in [0.2, 0.25) is 15.9 Å². The van der Waals surface area contributed by atoms with Gasteiger partial charge in [-0.15, -0.1) is 0 Å². The summed E-state index contributed by atoms with van der Waals surface area (Å²) in [7, 11) is -3.56. The Balaban J connectivity index is 1.36. The van der Waals surface area contributed by atoms with Gasteiger partial charge in [-0.2, -0.15) is 0 Å². The normalized spacial score (nSPS) is 16.0. The van der Waals surface area contributed by atoms with Gasteiger partial charge in [0.05, 0.1) is 4.90 Å². The molecule has 0 radical (unpaired) electrons. The number of nitrogens with zero attached hydrogens (tertiary/aromatic N) is 1. The second kappa shape index (κ2) is 9.82. The Kier molecular flexibility index (Phi) is 7.19. The van der Waals surface area contributed by atoms with Crippen molar-refractivity contribution in [1.82, 2.24) is 14.9 Å². The van der Waals surface area contributed by atoms with Crippen molar-refractivity contribution in [2.45, 2.75) is 36.7 Å². The second-order valence-corrected chi connectivity index (χ2v) is 8.83. The van der Waals surface area contributed by atoms with Gasteiger partial charge < -0.3 is 5.32 Å². The van der Waals surface area contributed by atoms with Crippen molar-refractivity contribution >= 4 is 15.9 Å². The summed E-state index contributed by atoms with van der Waals surface area (Å²) in [6.45, 7) is 2.92. The van der Waals surface area contributed by atoms with Crippen molar-refractivity contribution in [3.63, 3.8) is 0 Å². The van der Waals surface area contributed by atoms with Crippen LogP contribution in [0.2, 0.25) is 0 Å². The summed E-state index contributed by atoms with van der Waals surface area (Å²) in [6.07, 6.45) is 1.96. The molecule has 0 aromatic heterocycles. The van der Waals surface area contributed by atoms with E-state index in [9.17, 15) is 13.2 Å². The van der Waals surface area contributed by atoms with Crippen LogP contribution in [0.5, 0.6) is 0 Å². The SMILES string of the molecule is O=C(CCNS(=O)(=O)c1ccccc1)NC1CCN(Cc2ccccc2)CC1. The topological polar surface area (TPSA) is 78.5 Å². The van der Waals surface area contributed by atoms with E-state index in [2.05, 4.69) is 27.1 Å². The van der Waals surface area contributed by atoms with E-state index in [1.165, 1.54) is 17.7 Å². The summed E-state index contributed by atoms with van der Waals surface area (Å²) >= 11 is 0. The smallest absolute Gasteiger partial charge is 0.240 e. The van der Waals surface area contributed by atoms with E-state index in [-0.39, 0.29) is 29.8 Å². The summed E-state index contributed by atoms with van der Waals surface area (Å²) in [5.41, 5.74) is 1.30. The third kappa shape index (κ3) is 6.15. The number of likely N-dealkylation sites (tertiary alicyclic amines) is 1. The van der Waals surface area contributed by atoms with E-state index in [1.54, 1.807) is 18.2 Å². The maximum Gasteiger partial charge on any atom is 0.240 e. The van der Waals surface area contributed by atoms with Gasteiger partial charge in [0.1, 0.15) is 0 Å². The fourth-order valence-electron chi connectivity index (χ4n) is 3.36. The number of benzene rings is 2. The minimum absolute atomic E-state index is 0.0932. The largest absolute Gasteiger partial charge is 0.353 e. The van der Waals surface area contributed by atoms with Crippen LogP contribution in [0.15, 0.2) is 65.6 Å². The van der Waals surface area contributed by atoms with Crippen LogP contribution < -0.4 is 10.0 Å². The molecule has 1 aliphatic rings. The molecule has 150 valence electrons. The van der Waals surface area contributed by atoms with Gasteiger partial charge in [0.15, 0.2) is 0 Å². The Morgan fingerprint density at radius 1 is 0.964 bits per heavy atom. The molecule has 0 atom stereocenters. The van der Waals surface area contributed by atoms with Gasteiger partial charge in [-0.25, -0.2) is 13.1 Å². The molecule has 1 heterocycles. The molecule has 1 aliphatic heterocycles. The molecular formula is C21H27N3O3S. The van der Waals surface area contributed by atoms with Gasteiger partial charge in [0, 0.05) is 38.6 Å². The lowest BCUT2D eigenvalue weighted by atomic mass is 10.0. The molecule has 0 aliphatic carbocycles. The molecule has 0 unspecified atom stereocenters.